The molecule has 1 aliphatic rings. The van der Waals surface area contributed by atoms with Crippen LogP contribution in [0.1, 0.15) is 23.1 Å². The summed E-state index contributed by atoms with van der Waals surface area (Å²) in [7, 11) is 0. The summed E-state index contributed by atoms with van der Waals surface area (Å²) in [4.78, 5) is 37.1. The minimum Gasteiger partial charge on any atom is -0.429 e. The Bertz CT molecular complexity index is 1480. The van der Waals surface area contributed by atoms with Gasteiger partial charge in [0, 0.05) is 12.5 Å². The van der Waals surface area contributed by atoms with Gasteiger partial charge >= 0.3 is 18.5 Å². The molecule has 3 aromatic carbocycles. The fourth-order valence-electron chi connectivity index (χ4n) is 4.52. The Morgan fingerprint density at radius 3 is 2.00 bits per heavy atom. The normalized spacial score (nSPS) is 16.5. The lowest BCUT2D eigenvalue weighted by molar-refractivity contribution is -0.274. The van der Waals surface area contributed by atoms with E-state index in [-0.39, 0.29) is 29.4 Å². The number of carbonyl (C=O) groups is 3. The van der Waals surface area contributed by atoms with Crippen LogP contribution >= 0.6 is 0 Å². The second-order valence-corrected chi connectivity index (χ2v) is 9.31. The molecule has 220 valence electrons. The Morgan fingerprint density at radius 2 is 1.48 bits per heavy atom. The first kappa shape index (κ1) is 30.0. The molecule has 0 bridgehead atoms. The van der Waals surface area contributed by atoms with Crippen molar-refractivity contribution in [2.75, 3.05) is 0 Å². The fraction of sp³-hybridized carbons (Fsp3) is 0.207. The van der Waals surface area contributed by atoms with E-state index in [9.17, 15) is 36.3 Å². The summed E-state index contributed by atoms with van der Waals surface area (Å²) >= 11 is 0. The summed E-state index contributed by atoms with van der Waals surface area (Å²) in [5, 5.41) is 7.12. The van der Waals surface area contributed by atoms with Crippen molar-refractivity contribution < 1.29 is 45.8 Å². The van der Waals surface area contributed by atoms with Gasteiger partial charge in [-0.05, 0) is 41.0 Å². The number of ether oxygens (including phenoxy) is 2. The SMILES string of the molecule is C=CC(F)(F)Oc1cccc(C(Cc2ccccc2)(NC(=O)CC2NC(=O)NC2=O)c2cccc(OC(F)(F)F)c2)c1. The molecule has 1 saturated heterocycles. The summed E-state index contributed by atoms with van der Waals surface area (Å²) in [6, 6.07) is 16.7. The molecule has 8 nitrogen and oxygen atoms in total. The van der Waals surface area contributed by atoms with Crippen molar-refractivity contribution in [1.29, 1.82) is 0 Å². The monoisotopic (exact) mass is 589 g/mol. The molecule has 0 spiro atoms. The molecule has 4 amide bonds. The van der Waals surface area contributed by atoms with Gasteiger partial charge in [0.1, 0.15) is 17.5 Å². The second-order valence-electron chi connectivity index (χ2n) is 9.31. The number of hydrogen-bond acceptors (Lipinski definition) is 5. The van der Waals surface area contributed by atoms with Gasteiger partial charge in [-0.1, -0.05) is 61.2 Å². The Kier molecular flexibility index (Phi) is 8.50. The molecule has 42 heavy (non-hydrogen) atoms. The molecule has 0 aliphatic carbocycles. The predicted octanol–water partition coefficient (Wildman–Crippen LogP) is 4.94. The van der Waals surface area contributed by atoms with Crippen LogP contribution in [0.5, 0.6) is 11.5 Å². The number of nitrogens with one attached hydrogen (secondary N) is 3. The van der Waals surface area contributed by atoms with Crippen molar-refractivity contribution in [3.8, 4) is 11.5 Å². The van der Waals surface area contributed by atoms with E-state index in [4.69, 9.17) is 4.74 Å². The molecule has 4 rings (SSSR count). The maximum absolute atomic E-state index is 14.0. The first-order valence-electron chi connectivity index (χ1n) is 12.4. The van der Waals surface area contributed by atoms with Crippen LogP contribution in [-0.4, -0.2) is 36.4 Å². The van der Waals surface area contributed by atoms with Crippen LogP contribution in [0.3, 0.4) is 0 Å². The lowest BCUT2D eigenvalue weighted by atomic mass is 9.77. The van der Waals surface area contributed by atoms with E-state index < -0.39 is 54.1 Å². The van der Waals surface area contributed by atoms with E-state index in [2.05, 4.69) is 21.9 Å². The highest BCUT2D eigenvalue weighted by Gasteiger charge is 2.40. The highest BCUT2D eigenvalue weighted by Crippen LogP contribution is 2.38. The number of urea groups is 1. The summed E-state index contributed by atoms with van der Waals surface area (Å²) in [5.41, 5.74) is -0.865. The third-order valence-corrected chi connectivity index (χ3v) is 6.29. The van der Waals surface area contributed by atoms with Crippen LogP contribution < -0.4 is 25.4 Å². The quantitative estimate of drug-likeness (QED) is 0.167. The fourth-order valence-corrected chi connectivity index (χ4v) is 4.52. The van der Waals surface area contributed by atoms with E-state index in [0.717, 1.165) is 12.1 Å². The molecule has 0 saturated carbocycles. The smallest absolute Gasteiger partial charge is 0.429 e. The van der Waals surface area contributed by atoms with Gasteiger partial charge < -0.3 is 20.1 Å². The van der Waals surface area contributed by atoms with Crippen molar-refractivity contribution in [2.24, 2.45) is 0 Å². The van der Waals surface area contributed by atoms with E-state index in [1.807, 2.05) is 5.32 Å². The third kappa shape index (κ3) is 7.42. The van der Waals surface area contributed by atoms with Crippen LogP contribution in [0.15, 0.2) is 91.5 Å². The Morgan fingerprint density at radius 1 is 0.881 bits per heavy atom. The molecular formula is C29H24F5N3O5. The van der Waals surface area contributed by atoms with Crippen molar-refractivity contribution in [2.45, 2.75) is 36.9 Å². The number of benzene rings is 3. The maximum Gasteiger partial charge on any atom is 0.573 e. The van der Waals surface area contributed by atoms with Gasteiger partial charge in [-0.15, -0.1) is 13.2 Å². The summed E-state index contributed by atoms with van der Waals surface area (Å²) < 4.78 is 76.4. The number of amides is 4. The molecule has 0 aromatic heterocycles. The highest BCUT2D eigenvalue weighted by molar-refractivity contribution is 6.05. The van der Waals surface area contributed by atoms with Crippen LogP contribution in [0.4, 0.5) is 26.7 Å². The number of rotatable bonds is 11. The molecule has 1 heterocycles. The number of imide groups is 1. The largest absolute Gasteiger partial charge is 0.573 e. The van der Waals surface area contributed by atoms with Crippen molar-refractivity contribution >= 4 is 17.8 Å². The van der Waals surface area contributed by atoms with Crippen LogP contribution in [0, 0.1) is 0 Å². The molecule has 2 unspecified atom stereocenters. The number of hydrogen-bond donors (Lipinski definition) is 3. The molecular weight excluding hydrogens is 565 g/mol. The predicted molar refractivity (Wildman–Crippen MR) is 139 cm³/mol. The van der Waals surface area contributed by atoms with Gasteiger partial charge in [0.05, 0.1) is 12.0 Å². The molecule has 1 aliphatic heterocycles. The molecule has 3 N–H and O–H groups in total. The lowest BCUT2D eigenvalue weighted by Gasteiger charge is -2.37. The van der Waals surface area contributed by atoms with Gasteiger partial charge in [0.15, 0.2) is 0 Å². The van der Waals surface area contributed by atoms with Gasteiger partial charge in [-0.3, -0.25) is 14.9 Å². The summed E-state index contributed by atoms with van der Waals surface area (Å²) in [5.74, 6) is -2.45. The van der Waals surface area contributed by atoms with Gasteiger partial charge in [0.25, 0.3) is 5.91 Å². The minimum absolute atomic E-state index is 0.0838. The zero-order valence-electron chi connectivity index (χ0n) is 21.7. The molecule has 3 aromatic rings. The van der Waals surface area contributed by atoms with Crippen molar-refractivity contribution in [3.05, 3.63) is 108 Å². The Hall–Kier alpha value is -4.94. The standard InChI is InChI=1S/C29H24F5N3O5/c1-2-28(30,31)41-21-12-6-10-19(14-21)27(17-18-8-4-3-5-9-18,20-11-7-13-22(15-20)42-29(32,33)34)37-24(38)16-23-25(39)36-26(40)35-23/h2-15,23H,1,16-17H2,(H,37,38)(H2,35,36,39,40). The minimum atomic E-state index is -5.03. The lowest BCUT2D eigenvalue weighted by Crippen LogP contribution is -2.50. The number of carbonyl (C=O) groups excluding carboxylic acids is 3. The van der Waals surface area contributed by atoms with Crippen LogP contribution in [0.25, 0.3) is 0 Å². The van der Waals surface area contributed by atoms with E-state index in [0.29, 0.717) is 5.56 Å². The Labute approximate surface area is 236 Å². The average Bonchev–Trinajstić information content (AvgIpc) is 3.23. The third-order valence-electron chi connectivity index (χ3n) is 6.29. The summed E-state index contributed by atoms with van der Waals surface area (Å²) in [6.07, 6.45) is -9.10. The van der Waals surface area contributed by atoms with Crippen LogP contribution in [0.2, 0.25) is 0 Å². The average molecular weight is 590 g/mol. The van der Waals surface area contributed by atoms with E-state index in [1.165, 1.54) is 36.4 Å². The zero-order chi connectivity index (χ0) is 30.5. The van der Waals surface area contributed by atoms with Gasteiger partial charge in [-0.25, -0.2) is 4.79 Å². The number of halogens is 5. The van der Waals surface area contributed by atoms with Gasteiger partial charge in [0.2, 0.25) is 5.91 Å². The molecule has 2 atom stereocenters. The zero-order valence-corrected chi connectivity index (χ0v) is 21.7. The molecule has 1 fully saturated rings. The number of alkyl halides is 5. The first-order chi connectivity index (χ1) is 19.8. The molecule has 13 heteroatoms. The molecule has 0 radical (unpaired) electrons. The first-order valence-corrected chi connectivity index (χ1v) is 12.4. The van der Waals surface area contributed by atoms with E-state index in [1.54, 1.807) is 30.3 Å². The Balaban J connectivity index is 1.88. The summed E-state index contributed by atoms with van der Waals surface area (Å²) in [6.45, 7) is 3.04. The van der Waals surface area contributed by atoms with Crippen LogP contribution in [-0.2, 0) is 21.5 Å². The van der Waals surface area contributed by atoms with Crippen molar-refractivity contribution in [3.63, 3.8) is 0 Å². The maximum atomic E-state index is 14.0. The van der Waals surface area contributed by atoms with Crippen molar-refractivity contribution in [1.82, 2.24) is 16.0 Å². The topological polar surface area (TPSA) is 106 Å². The second kappa shape index (κ2) is 11.9. The van der Waals surface area contributed by atoms with Gasteiger partial charge in [-0.2, -0.15) is 8.78 Å². The highest BCUT2D eigenvalue weighted by atomic mass is 19.4. The van der Waals surface area contributed by atoms with E-state index >= 15 is 0 Å².